The van der Waals surface area contributed by atoms with Gasteiger partial charge in [-0.1, -0.05) is 44.9 Å². The third kappa shape index (κ3) is 3.71. The lowest BCUT2D eigenvalue weighted by atomic mass is 9.56. The van der Waals surface area contributed by atoms with Gasteiger partial charge in [-0.05, 0) is 67.3 Å². The molecule has 4 aliphatic rings. The molecule has 2 heterocycles. The van der Waals surface area contributed by atoms with Gasteiger partial charge in [0, 0.05) is 0 Å². The molecule has 4 fully saturated rings. The fourth-order valence-electron chi connectivity index (χ4n) is 4.87. The first-order chi connectivity index (χ1) is 9.45. The van der Waals surface area contributed by atoms with Crippen molar-refractivity contribution in [3.05, 3.63) is 0 Å². The number of hydrogen-bond donors (Lipinski definition) is 0. The summed E-state index contributed by atoms with van der Waals surface area (Å²) in [5.41, 5.74) is 0. The minimum atomic E-state index is 1.10. The Morgan fingerprint density at radius 3 is 1.95 bits per heavy atom. The molecule has 0 nitrogen and oxygen atoms in total. The molecule has 19 heavy (non-hydrogen) atoms. The standard InChI is InChI=1S/C18H32S/c1-2-4-6-8-15-9-10-16(18-12-11-17(15)18)14-19-13-7-5-3-1/h15-18H,1-14H2. The summed E-state index contributed by atoms with van der Waals surface area (Å²) in [7, 11) is 0. The number of rotatable bonds is 0. The summed E-state index contributed by atoms with van der Waals surface area (Å²) in [6, 6.07) is 0. The Balaban J connectivity index is 1.53. The average Bonchev–Trinajstić information content (AvgIpc) is 2.38. The van der Waals surface area contributed by atoms with Crippen molar-refractivity contribution in [1.82, 2.24) is 0 Å². The van der Waals surface area contributed by atoms with Crippen molar-refractivity contribution >= 4 is 11.8 Å². The van der Waals surface area contributed by atoms with E-state index in [0.29, 0.717) is 0 Å². The van der Waals surface area contributed by atoms with Crippen LogP contribution < -0.4 is 0 Å². The van der Waals surface area contributed by atoms with E-state index < -0.39 is 0 Å². The molecule has 0 amide bonds. The number of thioether (sulfide) groups is 1. The quantitative estimate of drug-likeness (QED) is 0.532. The van der Waals surface area contributed by atoms with Crippen LogP contribution in [0.25, 0.3) is 0 Å². The van der Waals surface area contributed by atoms with E-state index in [-0.39, 0.29) is 0 Å². The molecule has 0 spiro atoms. The first-order valence-electron chi connectivity index (χ1n) is 9.03. The fourth-order valence-corrected chi connectivity index (χ4v) is 6.16. The summed E-state index contributed by atoms with van der Waals surface area (Å²) in [6.45, 7) is 0. The molecule has 0 aromatic rings. The Hall–Kier alpha value is 0.350. The van der Waals surface area contributed by atoms with Gasteiger partial charge in [0.05, 0.1) is 0 Å². The fraction of sp³-hybridized carbons (Fsp3) is 1.00. The lowest BCUT2D eigenvalue weighted by Crippen LogP contribution is -2.42. The Bertz CT molecular complexity index is 228. The second-order valence-electron chi connectivity index (χ2n) is 7.34. The molecular formula is C18H32S. The molecule has 110 valence electrons. The van der Waals surface area contributed by atoms with Crippen molar-refractivity contribution in [2.45, 2.75) is 77.0 Å². The second-order valence-corrected chi connectivity index (χ2v) is 8.49. The van der Waals surface area contributed by atoms with E-state index in [1.165, 1.54) is 56.5 Å². The number of fused-ring (bicyclic) bond motifs is 11. The summed E-state index contributed by atoms with van der Waals surface area (Å²) in [5, 5.41) is 0. The zero-order chi connectivity index (χ0) is 12.9. The maximum atomic E-state index is 2.28. The van der Waals surface area contributed by atoms with Crippen LogP contribution in [-0.4, -0.2) is 11.5 Å². The van der Waals surface area contributed by atoms with Gasteiger partial charge in [0.25, 0.3) is 0 Å². The highest BCUT2D eigenvalue weighted by Gasteiger charge is 2.44. The van der Waals surface area contributed by atoms with Crippen LogP contribution >= 0.6 is 11.8 Å². The van der Waals surface area contributed by atoms with Gasteiger partial charge >= 0.3 is 0 Å². The van der Waals surface area contributed by atoms with Gasteiger partial charge in [-0.2, -0.15) is 11.8 Å². The highest BCUT2D eigenvalue weighted by molar-refractivity contribution is 7.99. The van der Waals surface area contributed by atoms with Gasteiger partial charge < -0.3 is 0 Å². The van der Waals surface area contributed by atoms with Crippen LogP contribution in [0.5, 0.6) is 0 Å². The van der Waals surface area contributed by atoms with Crippen LogP contribution in [0.15, 0.2) is 0 Å². The maximum absolute atomic E-state index is 2.28. The van der Waals surface area contributed by atoms with Gasteiger partial charge in [0.15, 0.2) is 0 Å². The van der Waals surface area contributed by atoms with E-state index in [0.717, 1.165) is 23.7 Å². The van der Waals surface area contributed by atoms with Crippen LogP contribution in [0, 0.1) is 23.7 Å². The second kappa shape index (κ2) is 7.38. The van der Waals surface area contributed by atoms with Crippen LogP contribution in [0.2, 0.25) is 0 Å². The van der Waals surface area contributed by atoms with Crippen LogP contribution in [-0.2, 0) is 0 Å². The maximum Gasteiger partial charge on any atom is -0.00364 e. The van der Waals surface area contributed by atoms with Crippen LogP contribution in [0.4, 0.5) is 0 Å². The summed E-state index contributed by atoms with van der Waals surface area (Å²) in [6.07, 6.45) is 18.4. The minimum Gasteiger partial charge on any atom is -0.162 e. The van der Waals surface area contributed by atoms with Gasteiger partial charge in [-0.25, -0.2) is 0 Å². The Labute approximate surface area is 124 Å². The van der Waals surface area contributed by atoms with Crippen molar-refractivity contribution in [3.63, 3.8) is 0 Å². The summed E-state index contributed by atoms with van der Waals surface area (Å²) in [4.78, 5) is 0. The molecule has 2 saturated heterocycles. The van der Waals surface area contributed by atoms with Crippen molar-refractivity contribution in [3.8, 4) is 0 Å². The normalized spacial score (nSPS) is 41.7. The molecule has 2 bridgehead atoms. The molecule has 0 radical (unpaired) electrons. The Morgan fingerprint density at radius 2 is 1.16 bits per heavy atom. The third-order valence-electron chi connectivity index (χ3n) is 6.20. The van der Waals surface area contributed by atoms with E-state index in [1.54, 1.807) is 32.1 Å². The first kappa shape index (κ1) is 14.3. The molecule has 0 N–H and O–H groups in total. The highest BCUT2D eigenvalue weighted by atomic mass is 32.2. The van der Waals surface area contributed by atoms with Crippen LogP contribution in [0.3, 0.4) is 0 Å². The first-order valence-corrected chi connectivity index (χ1v) is 10.2. The van der Waals surface area contributed by atoms with E-state index in [4.69, 9.17) is 0 Å². The smallest absolute Gasteiger partial charge is 0.00364 e. The monoisotopic (exact) mass is 280 g/mol. The molecule has 4 unspecified atom stereocenters. The van der Waals surface area contributed by atoms with Crippen molar-refractivity contribution in [2.75, 3.05) is 11.5 Å². The van der Waals surface area contributed by atoms with Crippen molar-refractivity contribution in [1.29, 1.82) is 0 Å². The minimum absolute atomic E-state index is 1.10. The lowest BCUT2D eigenvalue weighted by molar-refractivity contribution is 0.00668. The lowest BCUT2D eigenvalue weighted by Gasteiger charge is -2.50. The zero-order valence-corrected chi connectivity index (χ0v) is 13.4. The van der Waals surface area contributed by atoms with E-state index in [2.05, 4.69) is 11.8 Å². The summed E-state index contributed by atoms with van der Waals surface area (Å²) >= 11 is 2.28. The molecule has 1 heteroatoms. The predicted octanol–water partition coefficient (Wildman–Crippen LogP) is 5.91. The number of hydrogen-bond acceptors (Lipinski definition) is 1. The van der Waals surface area contributed by atoms with Gasteiger partial charge in [-0.3, -0.25) is 0 Å². The van der Waals surface area contributed by atoms with E-state index >= 15 is 0 Å². The molecule has 2 saturated carbocycles. The summed E-state index contributed by atoms with van der Waals surface area (Å²) < 4.78 is 0. The van der Waals surface area contributed by atoms with Gasteiger partial charge in [-0.15, -0.1) is 0 Å². The SMILES string of the molecule is C1CCCCSCC2CCC(CCCC1)C1CCC21. The molecule has 4 rings (SSSR count). The van der Waals surface area contributed by atoms with Crippen LogP contribution in [0.1, 0.15) is 77.0 Å². The zero-order valence-electron chi connectivity index (χ0n) is 12.6. The van der Waals surface area contributed by atoms with E-state index in [9.17, 15) is 0 Å². The summed E-state index contributed by atoms with van der Waals surface area (Å²) in [5.74, 6) is 7.47. The molecular weight excluding hydrogens is 248 g/mol. The van der Waals surface area contributed by atoms with E-state index in [1.807, 2.05) is 0 Å². The molecule has 0 aromatic heterocycles. The molecule has 2 aliphatic carbocycles. The highest BCUT2D eigenvalue weighted by Crippen LogP contribution is 2.53. The molecule has 4 atom stereocenters. The third-order valence-corrected chi connectivity index (χ3v) is 7.44. The Morgan fingerprint density at radius 1 is 0.526 bits per heavy atom. The van der Waals surface area contributed by atoms with Gasteiger partial charge in [0.1, 0.15) is 0 Å². The van der Waals surface area contributed by atoms with Crippen molar-refractivity contribution in [2.24, 2.45) is 23.7 Å². The largest absolute Gasteiger partial charge is 0.162 e. The predicted molar refractivity (Wildman–Crippen MR) is 86.7 cm³/mol. The van der Waals surface area contributed by atoms with Gasteiger partial charge in [0.2, 0.25) is 0 Å². The van der Waals surface area contributed by atoms with Crippen molar-refractivity contribution < 1.29 is 0 Å². The molecule has 2 aliphatic heterocycles. The topological polar surface area (TPSA) is 0 Å². The Kier molecular flexibility index (Phi) is 5.56. The average molecular weight is 281 g/mol. The molecule has 0 aromatic carbocycles.